The predicted octanol–water partition coefficient (Wildman–Crippen LogP) is 3.08. The Bertz CT molecular complexity index is 653. The van der Waals surface area contributed by atoms with Crippen molar-refractivity contribution in [2.24, 2.45) is 0 Å². The maximum atomic E-state index is 11.7. The van der Waals surface area contributed by atoms with Crippen LogP contribution in [0.15, 0.2) is 42.7 Å². The zero-order valence-corrected chi connectivity index (χ0v) is 13.0. The average molecular weight is 302 g/mol. The summed E-state index contributed by atoms with van der Waals surface area (Å²) < 4.78 is 7.73. The first kappa shape index (κ1) is 14.1. The summed E-state index contributed by atoms with van der Waals surface area (Å²) >= 11 is 1.67. The zero-order chi connectivity index (χ0) is 14.8. The molecular weight excluding hydrogens is 284 g/mol. The van der Waals surface area contributed by atoms with Crippen molar-refractivity contribution < 1.29 is 9.53 Å². The molecule has 1 fully saturated rings. The zero-order valence-electron chi connectivity index (χ0n) is 12.2. The minimum atomic E-state index is 0.109. The molecule has 0 aliphatic carbocycles. The van der Waals surface area contributed by atoms with E-state index in [1.54, 1.807) is 16.7 Å². The first-order valence-electron chi connectivity index (χ1n) is 6.98. The van der Waals surface area contributed by atoms with Gasteiger partial charge in [0.25, 0.3) is 0 Å². The Labute approximate surface area is 128 Å². The molecule has 0 bridgehead atoms. The Morgan fingerprint density at radius 1 is 1.33 bits per heavy atom. The summed E-state index contributed by atoms with van der Waals surface area (Å²) in [5, 5.41) is 0.109. The fourth-order valence-corrected chi connectivity index (χ4v) is 3.65. The van der Waals surface area contributed by atoms with E-state index in [1.807, 2.05) is 44.4 Å². The Morgan fingerprint density at radius 2 is 2.14 bits per heavy atom. The number of amides is 1. The predicted molar refractivity (Wildman–Crippen MR) is 84.9 cm³/mol. The van der Waals surface area contributed by atoms with Crippen LogP contribution in [0, 0.1) is 0 Å². The highest BCUT2D eigenvalue weighted by Crippen LogP contribution is 2.38. The summed E-state index contributed by atoms with van der Waals surface area (Å²) in [6, 6.07) is 10.0. The van der Waals surface area contributed by atoms with Gasteiger partial charge < -0.3 is 14.2 Å². The van der Waals surface area contributed by atoms with Gasteiger partial charge in [0, 0.05) is 25.0 Å². The molecule has 1 saturated heterocycles. The summed E-state index contributed by atoms with van der Waals surface area (Å²) in [6.07, 6.45) is 4.09. The summed E-state index contributed by atoms with van der Waals surface area (Å²) in [4.78, 5) is 13.5. The topological polar surface area (TPSA) is 34.5 Å². The standard InChI is InChI=1S/C16H18N2O2S/c1-3-20-14-7-5-4-6-13(14)18-9-8-12(10-18)16-17(2)15(19)11-21-16/h4-10,16H,3,11H2,1-2H3/t16-/m0/s1. The second-order valence-corrected chi connectivity index (χ2v) is 5.99. The molecule has 1 amide bonds. The van der Waals surface area contributed by atoms with Gasteiger partial charge in [0.05, 0.1) is 18.0 Å². The molecule has 0 N–H and O–H groups in total. The van der Waals surface area contributed by atoms with Crippen molar-refractivity contribution in [2.75, 3.05) is 19.4 Å². The third-order valence-corrected chi connectivity index (χ3v) is 4.87. The minimum absolute atomic E-state index is 0.109. The lowest BCUT2D eigenvalue weighted by Crippen LogP contribution is -2.22. The highest BCUT2D eigenvalue weighted by atomic mass is 32.2. The van der Waals surface area contributed by atoms with Gasteiger partial charge in [0.2, 0.25) is 5.91 Å². The minimum Gasteiger partial charge on any atom is -0.492 e. The van der Waals surface area contributed by atoms with Crippen LogP contribution in [0.5, 0.6) is 5.75 Å². The molecule has 5 heteroatoms. The molecule has 0 radical (unpaired) electrons. The van der Waals surface area contributed by atoms with Gasteiger partial charge in [-0.15, -0.1) is 11.8 Å². The first-order valence-corrected chi connectivity index (χ1v) is 8.03. The van der Waals surface area contributed by atoms with Gasteiger partial charge in [0.1, 0.15) is 11.1 Å². The van der Waals surface area contributed by atoms with E-state index in [2.05, 4.69) is 16.8 Å². The van der Waals surface area contributed by atoms with Crippen molar-refractivity contribution in [2.45, 2.75) is 12.3 Å². The van der Waals surface area contributed by atoms with Gasteiger partial charge in [-0.1, -0.05) is 12.1 Å². The number of nitrogens with zero attached hydrogens (tertiary/aromatic N) is 2. The molecule has 2 aromatic rings. The normalized spacial score (nSPS) is 18.3. The first-order chi connectivity index (χ1) is 10.2. The highest BCUT2D eigenvalue weighted by molar-refractivity contribution is 8.00. The second-order valence-electron chi connectivity index (χ2n) is 4.92. The summed E-state index contributed by atoms with van der Waals surface area (Å²) in [7, 11) is 1.86. The van der Waals surface area contributed by atoms with E-state index in [0.29, 0.717) is 12.4 Å². The number of rotatable bonds is 4. The lowest BCUT2D eigenvalue weighted by molar-refractivity contribution is -0.126. The van der Waals surface area contributed by atoms with Crippen molar-refractivity contribution in [3.63, 3.8) is 0 Å². The third-order valence-electron chi connectivity index (χ3n) is 3.55. The van der Waals surface area contributed by atoms with Gasteiger partial charge in [-0.25, -0.2) is 0 Å². The fraction of sp³-hybridized carbons (Fsp3) is 0.312. The SMILES string of the molecule is CCOc1ccccc1-n1ccc([C@@H]2SCC(=O)N2C)c1. The number of carbonyl (C=O) groups is 1. The van der Waals surface area contributed by atoms with E-state index < -0.39 is 0 Å². The van der Waals surface area contributed by atoms with Gasteiger partial charge in [-0.3, -0.25) is 4.79 Å². The molecule has 2 heterocycles. The number of aromatic nitrogens is 1. The lowest BCUT2D eigenvalue weighted by atomic mass is 10.3. The Morgan fingerprint density at radius 3 is 2.86 bits per heavy atom. The van der Waals surface area contributed by atoms with E-state index in [9.17, 15) is 4.79 Å². The maximum Gasteiger partial charge on any atom is 0.233 e. The van der Waals surface area contributed by atoms with Crippen LogP contribution >= 0.6 is 11.8 Å². The molecule has 0 unspecified atom stereocenters. The molecule has 0 saturated carbocycles. The molecule has 1 aliphatic rings. The Balaban J connectivity index is 1.90. The Hall–Kier alpha value is -1.88. The number of ether oxygens (including phenoxy) is 1. The van der Waals surface area contributed by atoms with Crippen molar-refractivity contribution in [3.05, 3.63) is 48.3 Å². The van der Waals surface area contributed by atoms with Crippen LogP contribution in [-0.4, -0.2) is 34.8 Å². The van der Waals surface area contributed by atoms with E-state index in [-0.39, 0.29) is 11.3 Å². The maximum absolute atomic E-state index is 11.7. The number of hydrogen-bond acceptors (Lipinski definition) is 3. The number of carbonyl (C=O) groups excluding carboxylic acids is 1. The summed E-state index contributed by atoms with van der Waals surface area (Å²) in [5.41, 5.74) is 2.15. The van der Waals surface area contributed by atoms with Gasteiger partial charge in [-0.05, 0) is 25.1 Å². The largest absolute Gasteiger partial charge is 0.492 e. The second kappa shape index (κ2) is 5.85. The van der Waals surface area contributed by atoms with Crippen molar-refractivity contribution in [1.29, 1.82) is 0 Å². The molecule has 4 nitrogen and oxygen atoms in total. The van der Waals surface area contributed by atoms with E-state index >= 15 is 0 Å². The van der Waals surface area contributed by atoms with Crippen molar-refractivity contribution in [1.82, 2.24) is 9.47 Å². The molecule has 1 atom stereocenters. The number of para-hydroxylation sites is 2. The quantitative estimate of drug-likeness (QED) is 0.870. The van der Waals surface area contributed by atoms with Gasteiger partial charge in [0.15, 0.2) is 0 Å². The van der Waals surface area contributed by atoms with Gasteiger partial charge >= 0.3 is 0 Å². The van der Waals surface area contributed by atoms with Crippen LogP contribution in [0.2, 0.25) is 0 Å². The summed E-state index contributed by atoms with van der Waals surface area (Å²) in [6.45, 7) is 2.62. The lowest BCUT2D eigenvalue weighted by Gasteiger charge is -2.17. The number of benzene rings is 1. The molecule has 1 aliphatic heterocycles. The fourth-order valence-electron chi connectivity index (χ4n) is 2.47. The van der Waals surface area contributed by atoms with Crippen LogP contribution < -0.4 is 4.74 Å². The van der Waals surface area contributed by atoms with Crippen LogP contribution in [0.4, 0.5) is 0 Å². The molecule has 110 valence electrons. The smallest absolute Gasteiger partial charge is 0.233 e. The third kappa shape index (κ3) is 2.65. The average Bonchev–Trinajstić information content (AvgIpc) is 3.08. The van der Waals surface area contributed by atoms with Crippen LogP contribution in [-0.2, 0) is 4.79 Å². The summed E-state index contributed by atoms with van der Waals surface area (Å²) in [5.74, 6) is 1.61. The van der Waals surface area contributed by atoms with E-state index in [1.165, 1.54) is 0 Å². The molecule has 1 aromatic heterocycles. The highest BCUT2D eigenvalue weighted by Gasteiger charge is 2.30. The molecule has 1 aromatic carbocycles. The van der Waals surface area contributed by atoms with Crippen LogP contribution in [0.3, 0.4) is 0 Å². The molecule has 21 heavy (non-hydrogen) atoms. The van der Waals surface area contributed by atoms with E-state index in [0.717, 1.165) is 17.0 Å². The van der Waals surface area contributed by atoms with Crippen molar-refractivity contribution in [3.8, 4) is 11.4 Å². The van der Waals surface area contributed by atoms with Crippen molar-refractivity contribution >= 4 is 17.7 Å². The Kier molecular flexibility index (Phi) is 3.92. The van der Waals surface area contributed by atoms with E-state index in [4.69, 9.17) is 4.74 Å². The number of thioether (sulfide) groups is 1. The van der Waals surface area contributed by atoms with Gasteiger partial charge in [-0.2, -0.15) is 0 Å². The van der Waals surface area contributed by atoms with Crippen LogP contribution in [0.1, 0.15) is 17.9 Å². The molecule has 0 spiro atoms. The van der Waals surface area contributed by atoms with Crippen LogP contribution in [0.25, 0.3) is 5.69 Å². The number of hydrogen-bond donors (Lipinski definition) is 0. The monoisotopic (exact) mass is 302 g/mol. The molecular formula is C16H18N2O2S. The molecule has 3 rings (SSSR count).